The number of carbonyl (C=O) groups is 1. The van der Waals surface area contributed by atoms with E-state index in [1.807, 2.05) is 25.1 Å². The van der Waals surface area contributed by atoms with Crippen LogP contribution >= 0.6 is 0 Å². The Morgan fingerprint density at radius 2 is 1.86 bits per heavy atom. The third kappa shape index (κ3) is 3.95. The molecule has 2 aromatic rings. The summed E-state index contributed by atoms with van der Waals surface area (Å²) < 4.78 is 11.3. The topological polar surface area (TPSA) is 68.7 Å². The van der Waals surface area contributed by atoms with Crippen molar-refractivity contribution in [2.24, 2.45) is 0 Å². The molecule has 0 bridgehead atoms. The molecule has 0 aliphatic carbocycles. The second-order valence-corrected chi connectivity index (χ2v) is 4.40. The predicted octanol–water partition coefficient (Wildman–Crippen LogP) is 3.15. The first-order valence-corrected chi connectivity index (χ1v) is 6.74. The second-order valence-electron chi connectivity index (χ2n) is 4.40. The molecule has 1 heterocycles. The summed E-state index contributed by atoms with van der Waals surface area (Å²) in [5.74, 6) is 0.177. The maximum absolute atomic E-state index is 11.1. The van der Waals surface area contributed by atoms with Gasteiger partial charge in [-0.05, 0) is 24.6 Å². The van der Waals surface area contributed by atoms with Crippen LogP contribution in [0.4, 0.5) is 0 Å². The lowest BCUT2D eigenvalue weighted by Gasteiger charge is -2.12. The van der Waals surface area contributed by atoms with Crippen molar-refractivity contribution in [3.05, 3.63) is 53.9 Å². The fourth-order valence-electron chi connectivity index (χ4n) is 1.80. The molecule has 5 heteroatoms. The summed E-state index contributed by atoms with van der Waals surface area (Å²) in [7, 11) is 0. The number of benzene rings is 1. The van der Waals surface area contributed by atoms with Crippen LogP contribution in [0.25, 0.3) is 0 Å². The summed E-state index contributed by atoms with van der Waals surface area (Å²) in [6.07, 6.45) is 2.35. The van der Waals surface area contributed by atoms with Crippen LogP contribution in [0.3, 0.4) is 0 Å². The summed E-state index contributed by atoms with van der Waals surface area (Å²) in [6.45, 7) is 2.76. The number of nitrogens with zero attached hydrogens (tertiary/aromatic N) is 1. The van der Waals surface area contributed by atoms with Gasteiger partial charge in [0, 0.05) is 11.8 Å². The van der Waals surface area contributed by atoms with Gasteiger partial charge in [0.2, 0.25) is 0 Å². The number of pyridine rings is 1. The molecule has 110 valence electrons. The number of hydrogen-bond donors (Lipinski definition) is 1. The maximum atomic E-state index is 11.1. The number of rotatable bonds is 7. The average molecular weight is 287 g/mol. The van der Waals surface area contributed by atoms with E-state index in [9.17, 15) is 4.79 Å². The van der Waals surface area contributed by atoms with Crippen LogP contribution in [0.5, 0.6) is 11.5 Å². The molecular formula is C16H17NO4. The van der Waals surface area contributed by atoms with E-state index in [1.54, 1.807) is 18.2 Å². The van der Waals surface area contributed by atoms with Gasteiger partial charge in [0.25, 0.3) is 0 Å². The molecule has 0 aliphatic heterocycles. The van der Waals surface area contributed by atoms with E-state index in [0.29, 0.717) is 23.7 Å². The minimum Gasteiger partial charge on any atom is -0.490 e. The SMILES string of the molecule is CCCOc1ccccc1OCc1cccnc1C(=O)O. The molecule has 1 N–H and O–H groups in total. The highest BCUT2D eigenvalue weighted by Crippen LogP contribution is 2.27. The summed E-state index contributed by atoms with van der Waals surface area (Å²) in [5, 5.41) is 9.09. The Balaban J connectivity index is 2.12. The van der Waals surface area contributed by atoms with Gasteiger partial charge in [-0.2, -0.15) is 0 Å². The number of aromatic nitrogens is 1. The standard InChI is InChI=1S/C16H17NO4/c1-2-10-20-13-7-3-4-8-14(13)21-11-12-6-5-9-17-15(12)16(18)19/h3-9H,2,10-11H2,1H3,(H,18,19). The smallest absolute Gasteiger partial charge is 0.354 e. The number of aromatic carboxylic acids is 1. The van der Waals surface area contributed by atoms with Crippen LogP contribution < -0.4 is 9.47 Å². The van der Waals surface area contributed by atoms with E-state index in [1.165, 1.54) is 6.20 Å². The number of para-hydroxylation sites is 2. The second kappa shape index (κ2) is 7.28. The molecule has 0 saturated heterocycles. The third-order valence-corrected chi connectivity index (χ3v) is 2.79. The summed E-state index contributed by atoms with van der Waals surface area (Å²) in [6, 6.07) is 10.7. The first-order valence-electron chi connectivity index (χ1n) is 6.74. The van der Waals surface area contributed by atoms with Crippen LogP contribution in [0, 0.1) is 0 Å². The molecule has 0 spiro atoms. The van der Waals surface area contributed by atoms with E-state index in [2.05, 4.69) is 4.98 Å². The zero-order valence-electron chi connectivity index (χ0n) is 11.8. The van der Waals surface area contributed by atoms with Crippen LogP contribution in [0.1, 0.15) is 29.4 Å². The van der Waals surface area contributed by atoms with Gasteiger partial charge in [-0.25, -0.2) is 9.78 Å². The third-order valence-electron chi connectivity index (χ3n) is 2.79. The first kappa shape index (κ1) is 14.8. The van der Waals surface area contributed by atoms with Gasteiger partial charge in [-0.3, -0.25) is 0 Å². The van der Waals surface area contributed by atoms with E-state index >= 15 is 0 Å². The normalized spacial score (nSPS) is 10.1. The summed E-state index contributed by atoms with van der Waals surface area (Å²) in [4.78, 5) is 15.0. The molecule has 0 fully saturated rings. The van der Waals surface area contributed by atoms with Crippen molar-refractivity contribution in [3.63, 3.8) is 0 Å². The van der Waals surface area contributed by atoms with Gasteiger partial charge in [-0.15, -0.1) is 0 Å². The molecule has 1 aromatic carbocycles. The molecule has 0 aliphatic rings. The minimum atomic E-state index is -1.07. The highest BCUT2D eigenvalue weighted by molar-refractivity contribution is 5.86. The molecule has 21 heavy (non-hydrogen) atoms. The largest absolute Gasteiger partial charge is 0.490 e. The van der Waals surface area contributed by atoms with Crippen LogP contribution in [-0.4, -0.2) is 22.7 Å². The number of carboxylic acid groups (broad SMARTS) is 1. The van der Waals surface area contributed by atoms with Gasteiger partial charge >= 0.3 is 5.97 Å². The predicted molar refractivity (Wildman–Crippen MR) is 77.8 cm³/mol. The monoisotopic (exact) mass is 287 g/mol. The molecule has 2 rings (SSSR count). The quantitative estimate of drug-likeness (QED) is 0.847. The van der Waals surface area contributed by atoms with Crippen molar-refractivity contribution in [1.82, 2.24) is 4.98 Å². The average Bonchev–Trinajstić information content (AvgIpc) is 2.52. The molecular weight excluding hydrogens is 270 g/mol. The molecule has 0 amide bonds. The lowest BCUT2D eigenvalue weighted by molar-refractivity contribution is 0.0687. The maximum Gasteiger partial charge on any atom is 0.354 e. The fraction of sp³-hybridized carbons (Fsp3) is 0.250. The van der Waals surface area contributed by atoms with E-state index in [0.717, 1.165) is 6.42 Å². The Hall–Kier alpha value is -2.56. The Morgan fingerprint density at radius 1 is 1.14 bits per heavy atom. The van der Waals surface area contributed by atoms with Crippen molar-refractivity contribution in [3.8, 4) is 11.5 Å². The van der Waals surface area contributed by atoms with Gasteiger partial charge < -0.3 is 14.6 Å². The van der Waals surface area contributed by atoms with Crippen molar-refractivity contribution in [2.45, 2.75) is 20.0 Å². The summed E-state index contributed by atoms with van der Waals surface area (Å²) in [5.41, 5.74) is 0.528. The molecule has 1 aromatic heterocycles. The number of carboxylic acids is 1. The van der Waals surface area contributed by atoms with Crippen molar-refractivity contribution >= 4 is 5.97 Å². The summed E-state index contributed by atoms with van der Waals surface area (Å²) >= 11 is 0. The van der Waals surface area contributed by atoms with E-state index < -0.39 is 5.97 Å². The Kier molecular flexibility index (Phi) is 5.15. The van der Waals surface area contributed by atoms with Crippen molar-refractivity contribution in [2.75, 3.05) is 6.61 Å². The molecule has 0 unspecified atom stereocenters. The van der Waals surface area contributed by atoms with Crippen molar-refractivity contribution in [1.29, 1.82) is 0 Å². The highest BCUT2D eigenvalue weighted by Gasteiger charge is 2.12. The number of hydrogen-bond acceptors (Lipinski definition) is 4. The molecule has 0 atom stereocenters. The number of ether oxygens (including phenoxy) is 2. The van der Waals surface area contributed by atoms with Crippen molar-refractivity contribution < 1.29 is 19.4 Å². The Bertz CT molecular complexity index is 613. The fourth-order valence-corrected chi connectivity index (χ4v) is 1.80. The van der Waals surface area contributed by atoms with E-state index in [4.69, 9.17) is 14.6 Å². The van der Waals surface area contributed by atoms with Gasteiger partial charge in [0.15, 0.2) is 17.2 Å². The molecule has 0 saturated carbocycles. The lowest BCUT2D eigenvalue weighted by Crippen LogP contribution is -2.08. The Morgan fingerprint density at radius 3 is 2.52 bits per heavy atom. The first-order chi connectivity index (χ1) is 10.2. The zero-order valence-corrected chi connectivity index (χ0v) is 11.8. The van der Waals surface area contributed by atoms with Crippen LogP contribution in [0.2, 0.25) is 0 Å². The lowest BCUT2D eigenvalue weighted by atomic mass is 10.2. The van der Waals surface area contributed by atoms with Gasteiger partial charge in [0.1, 0.15) is 6.61 Å². The highest BCUT2D eigenvalue weighted by atomic mass is 16.5. The van der Waals surface area contributed by atoms with E-state index in [-0.39, 0.29) is 12.3 Å². The molecule has 0 radical (unpaired) electrons. The zero-order chi connectivity index (χ0) is 15.1. The van der Waals surface area contributed by atoms with Crippen LogP contribution in [-0.2, 0) is 6.61 Å². The minimum absolute atomic E-state index is 0.00413. The Labute approximate surface area is 123 Å². The molecule has 5 nitrogen and oxygen atoms in total. The van der Waals surface area contributed by atoms with Gasteiger partial charge in [0.05, 0.1) is 6.61 Å². The van der Waals surface area contributed by atoms with Crippen LogP contribution in [0.15, 0.2) is 42.6 Å². The van der Waals surface area contributed by atoms with Gasteiger partial charge in [-0.1, -0.05) is 25.1 Å².